The van der Waals surface area contributed by atoms with Gasteiger partial charge in [-0.3, -0.25) is 4.79 Å². The third-order valence-corrected chi connectivity index (χ3v) is 8.24. The van der Waals surface area contributed by atoms with E-state index in [-0.39, 0.29) is 16.8 Å². The van der Waals surface area contributed by atoms with Crippen molar-refractivity contribution in [1.82, 2.24) is 9.21 Å². The molecule has 1 amide bonds. The number of aryl methyl sites for hydroxylation is 1. The Bertz CT molecular complexity index is 1140. The SMILES string of the molecule is Cc1cc(C(=O)N2CCC[C@H]2c2ccc3c(c2)OCCCO3)cc(S(=O)(=O)N(C)C)c1C. The number of hydrogen-bond acceptors (Lipinski definition) is 5. The van der Waals surface area contributed by atoms with Crippen molar-refractivity contribution in [2.45, 2.75) is 44.0 Å². The Morgan fingerprint density at radius 3 is 2.47 bits per heavy atom. The minimum absolute atomic E-state index is 0.0878. The predicted molar refractivity (Wildman–Crippen MR) is 122 cm³/mol. The van der Waals surface area contributed by atoms with E-state index in [0.717, 1.165) is 36.1 Å². The molecule has 2 aliphatic rings. The highest BCUT2D eigenvalue weighted by atomic mass is 32.2. The van der Waals surface area contributed by atoms with Crippen LogP contribution < -0.4 is 9.47 Å². The smallest absolute Gasteiger partial charge is 0.254 e. The molecule has 2 heterocycles. The minimum atomic E-state index is -3.66. The van der Waals surface area contributed by atoms with Crippen LogP contribution in [0.4, 0.5) is 0 Å². The maximum absolute atomic E-state index is 13.5. The van der Waals surface area contributed by atoms with Crippen LogP contribution in [0.1, 0.15) is 52.4 Å². The molecule has 1 atom stereocenters. The summed E-state index contributed by atoms with van der Waals surface area (Å²) in [5, 5.41) is 0. The first-order valence-electron chi connectivity index (χ1n) is 10.9. The zero-order valence-electron chi connectivity index (χ0n) is 19.1. The highest BCUT2D eigenvalue weighted by Gasteiger charge is 2.32. The molecule has 4 rings (SSSR count). The van der Waals surface area contributed by atoms with Crippen LogP contribution in [0, 0.1) is 13.8 Å². The average molecular weight is 459 g/mol. The summed E-state index contributed by atoms with van der Waals surface area (Å²) >= 11 is 0. The Labute approximate surface area is 190 Å². The van der Waals surface area contributed by atoms with Gasteiger partial charge >= 0.3 is 0 Å². The van der Waals surface area contributed by atoms with Crippen LogP contribution in [-0.4, -0.2) is 57.4 Å². The van der Waals surface area contributed by atoms with Crippen LogP contribution in [0.3, 0.4) is 0 Å². The molecule has 0 saturated carbocycles. The van der Waals surface area contributed by atoms with Crippen LogP contribution >= 0.6 is 0 Å². The fourth-order valence-electron chi connectivity index (χ4n) is 4.32. The average Bonchev–Trinajstić information content (AvgIpc) is 3.13. The summed E-state index contributed by atoms with van der Waals surface area (Å²) in [5.74, 6) is 1.29. The van der Waals surface area contributed by atoms with Crippen molar-refractivity contribution in [3.05, 3.63) is 52.6 Å². The lowest BCUT2D eigenvalue weighted by atomic mass is 10.0. The third kappa shape index (κ3) is 4.09. The summed E-state index contributed by atoms with van der Waals surface area (Å²) in [6.45, 7) is 5.48. The van der Waals surface area contributed by atoms with Crippen LogP contribution in [0.2, 0.25) is 0 Å². The van der Waals surface area contributed by atoms with Gasteiger partial charge in [-0.05, 0) is 67.6 Å². The summed E-state index contributed by atoms with van der Waals surface area (Å²) in [7, 11) is -0.658. The molecule has 0 N–H and O–H groups in total. The van der Waals surface area contributed by atoms with Gasteiger partial charge in [0.25, 0.3) is 5.91 Å². The second kappa shape index (κ2) is 8.75. The van der Waals surface area contributed by atoms with Crippen molar-refractivity contribution in [2.24, 2.45) is 0 Å². The molecule has 2 aliphatic heterocycles. The quantitative estimate of drug-likeness (QED) is 0.698. The van der Waals surface area contributed by atoms with Gasteiger partial charge in [-0.2, -0.15) is 0 Å². The molecular formula is C24H30N2O5S. The lowest BCUT2D eigenvalue weighted by Gasteiger charge is -2.26. The highest BCUT2D eigenvalue weighted by molar-refractivity contribution is 7.89. The Morgan fingerprint density at radius 1 is 1.03 bits per heavy atom. The summed E-state index contributed by atoms with van der Waals surface area (Å²) in [6.07, 6.45) is 2.57. The summed E-state index contributed by atoms with van der Waals surface area (Å²) in [5.41, 5.74) is 2.85. The van der Waals surface area contributed by atoms with Crippen LogP contribution in [0.25, 0.3) is 0 Å². The number of hydrogen-bond donors (Lipinski definition) is 0. The van der Waals surface area contributed by atoms with Gasteiger partial charge in [0.2, 0.25) is 10.0 Å². The highest BCUT2D eigenvalue weighted by Crippen LogP contribution is 2.39. The Kier molecular flexibility index (Phi) is 6.18. The van der Waals surface area contributed by atoms with E-state index < -0.39 is 10.0 Å². The molecule has 1 fully saturated rings. The number of ether oxygens (including phenoxy) is 2. The lowest BCUT2D eigenvalue weighted by molar-refractivity contribution is 0.0735. The summed E-state index contributed by atoms with van der Waals surface area (Å²) in [4.78, 5) is 15.6. The molecule has 0 unspecified atom stereocenters. The molecule has 8 heteroatoms. The zero-order chi connectivity index (χ0) is 23.0. The molecule has 0 spiro atoms. The zero-order valence-corrected chi connectivity index (χ0v) is 19.9. The maximum atomic E-state index is 13.5. The third-order valence-electron chi connectivity index (χ3n) is 6.30. The number of sulfonamides is 1. The first-order valence-corrected chi connectivity index (χ1v) is 12.4. The number of fused-ring (bicyclic) bond motifs is 1. The molecule has 32 heavy (non-hydrogen) atoms. The molecule has 0 bridgehead atoms. The molecule has 0 aliphatic carbocycles. The van der Waals surface area contributed by atoms with Gasteiger partial charge < -0.3 is 14.4 Å². The minimum Gasteiger partial charge on any atom is -0.490 e. The van der Waals surface area contributed by atoms with E-state index in [0.29, 0.717) is 36.6 Å². The van der Waals surface area contributed by atoms with Crippen molar-refractivity contribution in [3.63, 3.8) is 0 Å². The van der Waals surface area contributed by atoms with E-state index in [9.17, 15) is 13.2 Å². The van der Waals surface area contributed by atoms with E-state index in [1.807, 2.05) is 30.0 Å². The molecule has 0 radical (unpaired) electrons. The first-order chi connectivity index (χ1) is 15.2. The van der Waals surface area contributed by atoms with Gasteiger partial charge in [0.05, 0.1) is 24.2 Å². The van der Waals surface area contributed by atoms with Crippen LogP contribution in [-0.2, 0) is 10.0 Å². The molecule has 2 aromatic rings. The van der Waals surface area contributed by atoms with Crippen LogP contribution in [0.5, 0.6) is 11.5 Å². The summed E-state index contributed by atoms with van der Waals surface area (Å²) in [6, 6.07) is 9.09. The number of nitrogens with zero attached hydrogens (tertiary/aromatic N) is 2. The van der Waals surface area contributed by atoms with Gasteiger partial charge in [-0.1, -0.05) is 6.07 Å². The number of amides is 1. The number of carbonyl (C=O) groups is 1. The Balaban J connectivity index is 1.68. The van der Waals surface area contributed by atoms with E-state index >= 15 is 0 Å². The van der Waals surface area contributed by atoms with Gasteiger partial charge in [0.1, 0.15) is 0 Å². The standard InChI is InChI=1S/C24H30N2O5S/c1-16-13-19(15-23(17(16)2)32(28,29)25(3)4)24(27)26-10-5-7-20(26)18-8-9-21-22(14-18)31-12-6-11-30-21/h8-9,13-15,20H,5-7,10-12H2,1-4H3/t20-/m0/s1. The van der Waals surface area contributed by atoms with Gasteiger partial charge in [-0.15, -0.1) is 0 Å². The van der Waals surface area contributed by atoms with E-state index in [1.165, 1.54) is 24.5 Å². The number of likely N-dealkylation sites (tertiary alicyclic amines) is 1. The Hall–Kier alpha value is -2.58. The number of rotatable bonds is 4. The Morgan fingerprint density at radius 2 is 1.75 bits per heavy atom. The lowest BCUT2D eigenvalue weighted by Crippen LogP contribution is -2.31. The monoisotopic (exact) mass is 458 g/mol. The number of benzene rings is 2. The molecule has 7 nitrogen and oxygen atoms in total. The number of carbonyl (C=O) groups excluding carboxylic acids is 1. The second-order valence-electron chi connectivity index (χ2n) is 8.62. The van der Waals surface area contributed by atoms with Crippen molar-refractivity contribution in [2.75, 3.05) is 33.9 Å². The first kappa shape index (κ1) is 22.6. The van der Waals surface area contributed by atoms with Gasteiger partial charge in [-0.25, -0.2) is 12.7 Å². The van der Waals surface area contributed by atoms with E-state index in [2.05, 4.69) is 0 Å². The maximum Gasteiger partial charge on any atom is 0.254 e. The van der Waals surface area contributed by atoms with E-state index in [4.69, 9.17) is 9.47 Å². The van der Waals surface area contributed by atoms with Crippen molar-refractivity contribution in [3.8, 4) is 11.5 Å². The fourth-order valence-corrected chi connectivity index (χ4v) is 5.54. The van der Waals surface area contributed by atoms with E-state index in [1.54, 1.807) is 13.0 Å². The molecule has 2 aromatic carbocycles. The summed E-state index contributed by atoms with van der Waals surface area (Å²) < 4.78 is 38.4. The largest absolute Gasteiger partial charge is 0.490 e. The van der Waals surface area contributed by atoms with Gasteiger partial charge in [0.15, 0.2) is 11.5 Å². The predicted octanol–water partition coefficient (Wildman–Crippen LogP) is 3.69. The van der Waals surface area contributed by atoms with Crippen molar-refractivity contribution in [1.29, 1.82) is 0 Å². The van der Waals surface area contributed by atoms with Crippen molar-refractivity contribution >= 4 is 15.9 Å². The van der Waals surface area contributed by atoms with Crippen LogP contribution in [0.15, 0.2) is 35.2 Å². The normalized spacial score (nSPS) is 18.7. The van der Waals surface area contributed by atoms with Crippen molar-refractivity contribution < 1.29 is 22.7 Å². The molecule has 0 aromatic heterocycles. The molecule has 172 valence electrons. The van der Waals surface area contributed by atoms with Gasteiger partial charge in [0, 0.05) is 32.6 Å². The topological polar surface area (TPSA) is 76.1 Å². The fraction of sp³-hybridized carbons (Fsp3) is 0.458. The second-order valence-corrected chi connectivity index (χ2v) is 10.7. The molecule has 1 saturated heterocycles. The molecular weight excluding hydrogens is 428 g/mol.